The predicted octanol–water partition coefficient (Wildman–Crippen LogP) is 12.0. The van der Waals surface area contributed by atoms with E-state index in [2.05, 4.69) is 110 Å². The Labute approximate surface area is 253 Å². The Morgan fingerprint density at radius 3 is 1.20 bits per heavy atom. The van der Waals surface area contributed by atoms with Gasteiger partial charge >= 0.3 is 0 Å². The van der Waals surface area contributed by atoms with Crippen LogP contribution in [0.1, 0.15) is 146 Å². The van der Waals surface area contributed by atoms with Crippen molar-refractivity contribution in [3.05, 3.63) is 108 Å². The summed E-state index contributed by atoms with van der Waals surface area (Å²) in [5, 5.41) is 4.12. The highest BCUT2D eigenvalue weighted by atomic mass is 15.0. The van der Waals surface area contributed by atoms with Crippen molar-refractivity contribution in [2.75, 3.05) is 6.54 Å². The number of hydrogen-bond acceptors (Lipinski definition) is 1. The number of nitrogens with one attached hydrogen (secondary N) is 1. The van der Waals surface area contributed by atoms with Crippen molar-refractivity contribution in [1.29, 1.82) is 0 Å². The summed E-state index contributed by atoms with van der Waals surface area (Å²) >= 11 is 0. The largest absolute Gasteiger partial charge is 0.303 e. The van der Waals surface area contributed by atoms with Gasteiger partial charge in [-0.05, 0) is 29.7 Å². The Hall–Kier alpha value is -2.38. The second-order valence-corrected chi connectivity index (χ2v) is 12.3. The summed E-state index contributed by atoms with van der Waals surface area (Å²) in [6.45, 7) is 5.71. The zero-order chi connectivity index (χ0) is 28.9. The third-order valence-corrected chi connectivity index (χ3v) is 9.09. The summed E-state index contributed by atoms with van der Waals surface area (Å²) in [5.41, 5.74) is 3.79. The molecule has 224 valence electrons. The maximum Gasteiger partial charge on any atom is 0.0757 e. The summed E-state index contributed by atoms with van der Waals surface area (Å²) in [4.78, 5) is 0. The summed E-state index contributed by atoms with van der Waals surface area (Å²) < 4.78 is 0. The molecule has 0 spiro atoms. The Morgan fingerprint density at radius 2 is 0.805 bits per heavy atom. The summed E-state index contributed by atoms with van der Waals surface area (Å²) in [6, 6.07) is 33.2. The highest BCUT2D eigenvalue weighted by Gasteiger charge is 2.39. The molecule has 0 fully saturated rings. The van der Waals surface area contributed by atoms with Crippen LogP contribution in [0.3, 0.4) is 0 Å². The highest BCUT2D eigenvalue weighted by molar-refractivity contribution is 5.43. The quantitative estimate of drug-likeness (QED) is 0.115. The number of rotatable bonds is 23. The molecule has 0 radical (unpaired) electrons. The fourth-order valence-corrected chi connectivity index (χ4v) is 6.55. The Balaban J connectivity index is 1.39. The first kappa shape index (κ1) is 33.1. The first-order valence-electron chi connectivity index (χ1n) is 17.2. The lowest BCUT2D eigenvalue weighted by molar-refractivity contribution is 0.337. The van der Waals surface area contributed by atoms with Crippen molar-refractivity contribution < 1.29 is 0 Å². The van der Waals surface area contributed by atoms with Gasteiger partial charge in [0, 0.05) is 5.92 Å². The van der Waals surface area contributed by atoms with Gasteiger partial charge in [0.05, 0.1) is 5.54 Å². The van der Waals surface area contributed by atoms with E-state index >= 15 is 0 Å². The van der Waals surface area contributed by atoms with Crippen LogP contribution >= 0.6 is 0 Å². The molecular formula is C40H59N. The van der Waals surface area contributed by atoms with Crippen LogP contribution in [0.15, 0.2) is 91.0 Å². The summed E-state index contributed by atoms with van der Waals surface area (Å²) in [6.07, 6.45) is 24.0. The van der Waals surface area contributed by atoms with E-state index in [1.807, 2.05) is 0 Å². The minimum atomic E-state index is -0.265. The minimum absolute atomic E-state index is 0.265. The Bertz CT molecular complexity index is 957. The monoisotopic (exact) mass is 553 g/mol. The van der Waals surface area contributed by atoms with E-state index in [0.29, 0.717) is 5.92 Å². The smallest absolute Gasteiger partial charge is 0.0757 e. The average Bonchev–Trinajstić information content (AvgIpc) is 3.03. The van der Waals surface area contributed by atoms with Gasteiger partial charge in [0.2, 0.25) is 0 Å². The van der Waals surface area contributed by atoms with E-state index in [9.17, 15) is 0 Å². The third-order valence-electron chi connectivity index (χ3n) is 9.09. The van der Waals surface area contributed by atoms with Gasteiger partial charge in [0.1, 0.15) is 0 Å². The molecule has 1 heteroatoms. The van der Waals surface area contributed by atoms with Gasteiger partial charge in [-0.2, -0.15) is 0 Å². The van der Waals surface area contributed by atoms with Crippen molar-refractivity contribution in [2.24, 2.45) is 0 Å². The molecule has 0 aliphatic heterocycles. The lowest BCUT2D eigenvalue weighted by Crippen LogP contribution is -2.48. The zero-order valence-corrected chi connectivity index (χ0v) is 26.5. The zero-order valence-electron chi connectivity index (χ0n) is 26.5. The molecule has 1 unspecified atom stereocenters. The first-order valence-corrected chi connectivity index (χ1v) is 17.2. The maximum absolute atomic E-state index is 4.12. The maximum atomic E-state index is 4.12. The Kier molecular flexibility index (Phi) is 16.6. The normalized spacial score (nSPS) is 12.4. The minimum Gasteiger partial charge on any atom is -0.303 e. The lowest BCUT2D eigenvalue weighted by atomic mass is 9.71. The molecule has 0 saturated carbocycles. The van der Waals surface area contributed by atoms with E-state index in [0.717, 1.165) is 6.54 Å². The van der Waals surface area contributed by atoms with Gasteiger partial charge in [-0.3, -0.25) is 0 Å². The van der Waals surface area contributed by atoms with E-state index in [1.165, 1.54) is 126 Å². The molecule has 3 aromatic rings. The standard InChI is InChI=1S/C40H59N/c1-3-4-5-6-7-8-9-10-11-12-13-14-15-16-17-18-28-35-41-40(38-31-24-20-25-32-38,39-33-26-21-27-34-39)36(2)37-29-22-19-23-30-37/h19-27,29-34,36,41H,3-18,28,35H2,1-2H3. The number of hydrogen-bond donors (Lipinski definition) is 1. The molecule has 41 heavy (non-hydrogen) atoms. The molecule has 3 aromatic carbocycles. The van der Waals surface area contributed by atoms with Crippen LogP contribution in [0.4, 0.5) is 0 Å². The fourth-order valence-electron chi connectivity index (χ4n) is 6.55. The highest BCUT2D eigenvalue weighted by Crippen LogP contribution is 2.42. The Morgan fingerprint density at radius 1 is 0.463 bits per heavy atom. The van der Waals surface area contributed by atoms with Crippen LogP contribution in [0.25, 0.3) is 0 Å². The van der Waals surface area contributed by atoms with Crippen molar-refractivity contribution in [2.45, 2.75) is 134 Å². The van der Waals surface area contributed by atoms with Crippen molar-refractivity contribution >= 4 is 0 Å². The van der Waals surface area contributed by atoms with Crippen LogP contribution in [-0.4, -0.2) is 6.54 Å². The number of unbranched alkanes of at least 4 members (excludes halogenated alkanes) is 16. The van der Waals surface area contributed by atoms with Crippen LogP contribution in [0, 0.1) is 0 Å². The molecule has 0 amide bonds. The van der Waals surface area contributed by atoms with Gasteiger partial charge in [-0.15, -0.1) is 0 Å². The second-order valence-electron chi connectivity index (χ2n) is 12.3. The first-order chi connectivity index (χ1) is 20.3. The molecule has 0 aliphatic rings. The summed E-state index contributed by atoms with van der Waals surface area (Å²) in [5.74, 6) is 0.291. The van der Waals surface area contributed by atoms with E-state index in [4.69, 9.17) is 0 Å². The predicted molar refractivity (Wildman–Crippen MR) is 181 cm³/mol. The van der Waals surface area contributed by atoms with Crippen molar-refractivity contribution in [3.63, 3.8) is 0 Å². The molecule has 0 saturated heterocycles. The van der Waals surface area contributed by atoms with E-state index in [1.54, 1.807) is 0 Å². The summed E-state index contributed by atoms with van der Waals surface area (Å²) in [7, 11) is 0. The van der Waals surface area contributed by atoms with Crippen LogP contribution in [0.2, 0.25) is 0 Å². The third kappa shape index (κ3) is 11.4. The van der Waals surface area contributed by atoms with Crippen molar-refractivity contribution in [3.8, 4) is 0 Å². The average molecular weight is 554 g/mol. The lowest BCUT2D eigenvalue weighted by Gasteiger charge is -2.42. The molecule has 1 atom stereocenters. The molecule has 0 aliphatic carbocycles. The number of benzene rings is 3. The van der Waals surface area contributed by atoms with Crippen LogP contribution in [-0.2, 0) is 5.54 Å². The fraction of sp³-hybridized carbons (Fsp3) is 0.550. The van der Waals surface area contributed by atoms with Gasteiger partial charge in [-0.1, -0.05) is 208 Å². The topological polar surface area (TPSA) is 12.0 Å². The van der Waals surface area contributed by atoms with Crippen LogP contribution < -0.4 is 5.32 Å². The molecule has 0 aromatic heterocycles. The van der Waals surface area contributed by atoms with Crippen LogP contribution in [0.5, 0.6) is 0 Å². The van der Waals surface area contributed by atoms with Crippen molar-refractivity contribution in [1.82, 2.24) is 5.32 Å². The van der Waals surface area contributed by atoms with E-state index < -0.39 is 0 Å². The van der Waals surface area contributed by atoms with Gasteiger partial charge in [-0.25, -0.2) is 0 Å². The SMILES string of the molecule is CCCCCCCCCCCCCCCCCCCNC(c1ccccc1)(c1ccccc1)C(C)c1ccccc1. The molecular weight excluding hydrogens is 494 g/mol. The van der Waals surface area contributed by atoms with Gasteiger partial charge < -0.3 is 5.32 Å². The molecule has 0 heterocycles. The molecule has 1 N–H and O–H groups in total. The van der Waals surface area contributed by atoms with Gasteiger partial charge in [0.15, 0.2) is 0 Å². The molecule has 1 nitrogen and oxygen atoms in total. The van der Waals surface area contributed by atoms with E-state index in [-0.39, 0.29) is 5.54 Å². The van der Waals surface area contributed by atoms with Gasteiger partial charge in [0.25, 0.3) is 0 Å². The second kappa shape index (κ2) is 20.5. The molecule has 0 bridgehead atoms. The molecule has 3 rings (SSSR count).